The molecule has 29 heavy (non-hydrogen) atoms. The topological polar surface area (TPSA) is 78.3 Å². The van der Waals surface area contributed by atoms with Crippen LogP contribution in [0.15, 0.2) is 34.2 Å². The van der Waals surface area contributed by atoms with E-state index in [4.69, 9.17) is 9.47 Å². The van der Waals surface area contributed by atoms with Gasteiger partial charge in [-0.25, -0.2) is 4.68 Å². The average Bonchev–Trinajstić information content (AvgIpc) is 3.09. The first-order valence-corrected chi connectivity index (χ1v) is 10.7. The Hall–Kier alpha value is -2.35. The number of halogens is 1. The number of aromatic nitrogens is 3. The van der Waals surface area contributed by atoms with Gasteiger partial charge in [0.25, 0.3) is 0 Å². The Morgan fingerprint density at radius 1 is 1.24 bits per heavy atom. The van der Waals surface area contributed by atoms with Gasteiger partial charge in [0.2, 0.25) is 5.95 Å². The van der Waals surface area contributed by atoms with E-state index < -0.39 is 0 Å². The Bertz CT molecular complexity index is 996. The number of benzene rings is 1. The van der Waals surface area contributed by atoms with E-state index in [2.05, 4.69) is 45.2 Å². The van der Waals surface area contributed by atoms with E-state index in [1.807, 2.05) is 26.0 Å². The summed E-state index contributed by atoms with van der Waals surface area (Å²) in [5.41, 5.74) is 2.49. The molecule has 1 aromatic heterocycles. The first-order chi connectivity index (χ1) is 13.8. The van der Waals surface area contributed by atoms with Crippen molar-refractivity contribution in [1.29, 1.82) is 0 Å². The van der Waals surface area contributed by atoms with Crippen LogP contribution in [0.2, 0.25) is 0 Å². The molecule has 2 aromatic rings. The third-order valence-electron chi connectivity index (χ3n) is 5.21. The van der Waals surface area contributed by atoms with Crippen LogP contribution < -0.4 is 14.8 Å². The maximum Gasteiger partial charge on any atom is 0.226 e. The molecule has 1 atom stereocenters. The molecule has 1 unspecified atom stereocenters. The van der Waals surface area contributed by atoms with E-state index >= 15 is 0 Å². The summed E-state index contributed by atoms with van der Waals surface area (Å²) in [4.78, 5) is 17.5. The highest BCUT2D eigenvalue weighted by atomic mass is 79.9. The Morgan fingerprint density at radius 2 is 2.00 bits per heavy atom. The molecule has 154 valence electrons. The lowest BCUT2D eigenvalue weighted by atomic mass is 9.73. The molecule has 0 radical (unpaired) electrons. The smallest absolute Gasteiger partial charge is 0.226 e. The number of fused-ring (bicyclic) bond motifs is 1. The monoisotopic (exact) mass is 460 g/mol. The predicted molar refractivity (Wildman–Crippen MR) is 113 cm³/mol. The van der Waals surface area contributed by atoms with Gasteiger partial charge in [-0.2, -0.15) is 10.1 Å². The molecular formula is C21H25BrN4O3. The molecule has 1 aliphatic heterocycles. The Balaban J connectivity index is 1.89. The van der Waals surface area contributed by atoms with Crippen molar-refractivity contribution in [3.63, 3.8) is 0 Å². The van der Waals surface area contributed by atoms with Crippen LogP contribution in [0.4, 0.5) is 5.95 Å². The van der Waals surface area contributed by atoms with E-state index in [0.29, 0.717) is 37.1 Å². The number of hydrogen-bond donors (Lipinski definition) is 1. The summed E-state index contributed by atoms with van der Waals surface area (Å²) in [5, 5.41) is 7.74. The first-order valence-electron chi connectivity index (χ1n) is 9.86. The normalized spacial score (nSPS) is 20.0. The van der Waals surface area contributed by atoms with Gasteiger partial charge in [0.15, 0.2) is 17.3 Å². The number of ether oxygens (including phenoxy) is 2. The summed E-state index contributed by atoms with van der Waals surface area (Å²) in [6.45, 7) is 9.14. The van der Waals surface area contributed by atoms with Gasteiger partial charge in [0, 0.05) is 17.7 Å². The van der Waals surface area contributed by atoms with Crippen molar-refractivity contribution >= 4 is 27.7 Å². The van der Waals surface area contributed by atoms with Crippen LogP contribution in [0.25, 0.3) is 0 Å². The van der Waals surface area contributed by atoms with E-state index in [1.165, 1.54) is 6.33 Å². The molecule has 1 aromatic carbocycles. The van der Waals surface area contributed by atoms with Gasteiger partial charge < -0.3 is 14.8 Å². The number of nitrogens with one attached hydrogen (secondary N) is 1. The number of rotatable bonds is 5. The van der Waals surface area contributed by atoms with Crippen LogP contribution in [0.3, 0.4) is 0 Å². The standard InChI is InChI=1S/C21H25BrN4O3/c1-5-28-16-8-12(7-13(22)19(16)29-6-2)18-17-14(9-21(3,4)10-15(17)27)25-20-23-11-24-26(18)20/h7-8,11,18H,5-6,9-10H2,1-4H3,(H,23,24,25). The molecule has 7 nitrogen and oxygen atoms in total. The summed E-state index contributed by atoms with van der Waals surface area (Å²) in [6.07, 6.45) is 2.80. The minimum absolute atomic E-state index is 0.0917. The Kier molecular flexibility index (Phi) is 5.14. The number of ketones is 1. The highest BCUT2D eigenvalue weighted by Crippen LogP contribution is 2.47. The fourth-order valence-corrected chi connectivity index (χ4v) is 4.72. The summed E-state index contributed by atoms with van der Waals surface area (Å²) >= 11 is 3.62. The molecule has 2 heterocycles. The predicted octanol–water partition coefficient (Wildman–Crippen LogP) is 4.50. The highest BCUT2D eigenvalue weighted by molar-refractivity contribution is 9.10. The molecule has 0 amide bonds. The second kappa shape index (κ2) is 7.48. The summed E-state index contributed by atoms with van der Waals surface area (Å²) in [5.74, 6) is 2.08. The van der Waals surface area contributed by atoms with Crippen molar-refractivity contribution in [2.75, 3.05) is 18.5 Å². The SMILES string of the molecule is CCOc1cc(C2C3=C(CC(C)(C)CC3=O)Nc3ncnn32)cc(Br)c1OCC. The van der Waals surface area contributed by atoms with Crippen molar-refractivity contribution < 1.29 is 14.3 Å². The van der Waals surface area contributed by atoms with E-state index in [-0.39, 0.29) is 17.2 Å². The fraction of sp³-hybridized carbons (Fsp3) is 0.476. The zero-order valence-corrected chi connectivity index (χ0v) is 18.7. The lowest BCUT2D eigenvalue weighted by Crippen LogP contribution is -2.36. The minimum Gasteiger partial charge on any atom is -0.490 e. The summed E-state index contributed by atoms with van der Waals surface area (Å²) in [7, 11) is 0. The maximum atomic E-state index is 13.2. The number of carbonyl (C=O) groups is 1. The molecule has 8 heteroatoms. The quantitative estimate of drug-likeness (QED) is 0.707. The van der Waals surface area contributed by atoms with Crippen molar-refractivity contribution in [3.05, 3.63) is 39.8 Å². The summed E-state index contributed by atoms with van der Waals surface area (Å²) in [6, 6.07) is 3.56. The zero-order valence-electron chi connectivity index (χ0n) is 17.1. The Labute approximate surface area is 178 Å². The lowest BCUT2D eigenvalue weighted by molar-refractivity contribution is -0.118. The lowest BCUT2D eigenvalue weighted by Gasteiger charge is -2.38. The van der Waals surface area contributed by atoms with Gasteiger partial charge in [-0.05, 0) is 59.3 Å². The van der Waals surface area contributed by atoms with Gasteiger partial charge >= 0.3 is 0 Å². The van der Waals surface area contributed by atoms with Crippen molar-refractivity contribution in [1.82, 2.24) is 14.8 Å². The molecule has 1 N–H and O–H groups in total. The molecule has 0 bridgehead atoms. The van der Waals surface area contributed by atoms with Crippen molar-refractivity contribution in [2.24, 2.45) is 5.41 Å². The van der Waals surface area contributed by atoms with Gasteiger partial charge in [-0.3, -0.25) is 4.79 Å². The zero-order chi connectivity index (χ0) is 20.8. The number of anilines is 1. The molecule has 0 saturated carbocycles. The fourth-order valence-electron chi connectivity index (χ4n) is 4.15. The second-order valence-electron chi connectivity index (χ2n) is 8.08. The third-order valence-corrected chi connectivity index (χ3v) is 5.80. The molecular weight excluding hydrogens is 436 g/mol. The van der Waals surface area contributed by atoms with Crippen LogP contribution in [0.5, 0.6) is 11.5 Å². The van der Waals surface area contributed by atoms with Crippen molar-refractivity contribution in [3.8, 4) is 11.5 Å². The van der Waals surface area contributed by atoms with Crippen LogP contribution >= 0.6 is 15.9 Å². The number of carbonyl (C=O) groups excluding carboxylic acids is 1. The minimum atomic E-state index is -0.362. The van der Waals surface area contributed by atoms with Gasteiger partial charge in [0.1, 0.15) is 12.4 Å². The number of allylic oxidation sites excluding steroid dienone is 2. The molecule has 2 aliphatic rings. The Morgan fingerprint density at radius 3 is 2.72 bits per heavy atom. The number of hydrogen-bond acceptors (Lipinski definition) is 6. The molecule has 1 aliphatic carbocycles. The van der Waals surface area contributed by atoms with Crippen LogP contribution in [-0.2, 0) is 4.79 Å². The molecule has 0 fully saturated rings. The van der Waals surface area contributed by atoms with Gasteiger partial charge in [-0.1, -0.05) is 13.8 Å². The molecule has 0 spiro atoms. The number of Topliss-reactive ketones (excluding diaryl/α,β-unsaturated/α-hetero) is 1. The van der Waals surface area contributed by atoms with Crippen LogP contribution in [-0.4, -0.2) is 33.8 Å². The maximum absolute atomic E-state index is 13.2. The first kappa shape index (κ1) is 19.9. The van der Waals surface area contributed by atoms with Crippen molar-refractivity contribution in [2.45, 2.75) is 46.6 Å². The van der Waals surface area contributed by atoms with Crippen LogP contribution in [0, 0.1) is 5.41 Å². The number of nitrogens with zero attached hydrogens (tertiary/aromatic N) is 3. The average molecular weight is 461 g/mol. The van der Waals surface area contributed by atoms with E-state index in [1.54, 1.807) is 4.68 Å². The van der Waals surface area contributed by atoms with Crippen LogP contribution in [0.1, 0.15) is 52.1 Å². The molecule has 4 rings (SSSR count). The largest absolute Gasteiger partial charge is 0.490 e. The summed E-state index contributed by atoms with van der Waals surface area (Å²) < 4.78 is 14.2. The van der Waals surface area contributed by atoms with Gasteiger partial charge in [-0.15, -0.1) is 0 Å². The second-order valence-corrected chi connectivity index (χ2v) is 8.94. The van der Waals surface area contributed by atoms with E-state index in [9.17, 15) is 4.79 Å². The highest BCUT2D eigenvalue weighted by Gasteiger charge is 2.41. The van der Waals surface area contributed by atoms with Gasteiger partial charge in [0.05, 0.1) is 17.7 Å². The molecule has 0 saturated heterocycles. The van der Waals surface area contributed by atoms with E-state index in [0.717, 1.165) is 27.7 Å². The third kappa shape index (κ3) is 3.54.